The molecule has 1 N–H and O–H groups in total. The van der Waals surface area contributed by atoms with E-state index in [0.717, 1.165) is 5.56 Å². The van der Waals surface area contributed by atoms with Crippen molar-refractivity contribution in [3.63, 3.8) is 0 Å². The number of hydrogen-bond acceptors (Lipinski definition) is 3. The molecule has 1 unspecified atom stereocenters. The third-order valence-electron chi connectivity index (χ3n) is 2.80. The van der Waals surface area contributed by atoms with Gasteiger partial charge >= 0.3 is 0 Å². The van der Waals surface area contributed by atoms with Crippen LogP contribution in [0.15, 0.2) is 30.3 Å². The minimum atomic E-state index is -0.223. The summed E-state index contributed by atoms with van der Waals surface area (Å²) >= 11 is 0. The van der Waals surface area contributed by atoms with Gasteiger partial charge in [-0.05, 0) is 12.5 Å². The second kappa shape index (κ2) is 4.45. The maximum Gasteiger partial charge on any atom is 0.240 e. The normalized spacial score (nSPS) is 19.3. The Hall–Kier alpha value is -1.68. The van der Waals surface area contributed by atoms with E-state index in [1.165, 1.54) is 0 Å². The van der Waals surface area contributed by atoms with Gasteiger partial charge in [0.2, 0.25) is 11.8 Å². The van der Waals surface area contributed by atoms with Crippen LogP contribution in [-0.4, -0.2) is 29.8 Å². The van der Waals surface area contributed by atoms with Gasteiger partial charge in [0.25, 0.3) is 0 Å². The third kappa shape index (κ3) is 2.28. The van der Waals surface area contributed by atoms with E-state index in [4.69, 9.17) is 0 Å². The van der Waals surface area contributed by atoms with Crippen LogP contribution in [0.25, 0.3) is 0 Å². The van der Waals surface area contributed by atoms with Crippen LogP contribution in [0.1, 0.15) is 18.5 Å². The number of nitrogens with zero attached hydrogens (tertiary/aromatic N) is 1. The standard InChI is InChI=1S/C12H14N2O2/c1-9(10-5-3-2-4-6-10)14-7-11(15)13-12(16)8-14/h2-6,9H,7-8H2,1H3,(H,13,15,16). The van der Waals surface area contributed by atoms with Gasteiger partial charge in [0.05, 0.1) is 13.1 Å². The molecule has 0 bridgehead atoms. The SMILES string of the molecule is CC(c1ccccc1)N1CC(=O)NC(=O)C1. The second-order valence-electron chi connectivity index (χ2n) is 3.96. The molecule has 1 heterocycles. The van der Waals surface area contributed by atoms with Gasteiger partial charge < -0.3 is 0 Å². The van der Waals surface area contributed by atoms with E-state index in [9.17, 15) is 9.59 Å². The van der Waals surface area contributed by atoms with Crippen molar-refractivity contribution in [3.05, 3.63) is 35.9 Å². The number of nitrogens with one attached hydrogen (secondary N) is 1. The monoisotopic (exact) mass is 218 g/mol. The molecule has 1 aliphatic heterocycles. The lowest BCUT2D eigenvalue weighted by molar-refractivity contribution is -0.137. The van der Waals surface area contributed by atoms with E-state index in [1.54, 1.807) is 0 Å². The third-order valence-corrected chi connectivity index (χ3v) is 2.80. The zero-order chi connectivity index (χ0) is 11.5. The predicted molar refractivity (Wildman–Crippen MR) is 59.6 cm³/mol. The summed E-state index contributed by atoms with van der Waals surface area (Å²) in [4.78, 5) is 24.4. The molecule has 1 fully saturated rings. The lowest BCUT2D eigenvalue weighted by Gasteiger charge is -2.31. The van der Waals surface area contributed by atoms with Crippen molar-refractivity contribution in [3.8, 4) is 0 Å². The summed E-state index contributed by atoms with van der Waals surface area (Å²) in [6.07, 6.45) is 0. The van der Waals surface area contributed by atoms with Crippen molar-refractivity contribution in [2.75, 3.05) is 13.1 Å². The van der Waals surface area contributed by atoms with Crippen LogP contribution < -0.4 is 5.32 Å². The number of hydrogen-bond donors (Lipinski definition) is 1. The van der Waals surface area contributed by atoms with Gasteiger partial charge in [-0.25, -0.2) is 0 Å². The summed E-state index contributed by atoms with van der Waals surface area (Å²) in [7, 11) is 0. The summed E-state index contributed by atoms with van der Waals surface area (Å²) in [6, 6.07) is 9.94. The highest BCUT2D eigenvalue weighted by Gasteiger charge is 2.26. The van der Waals surface area contributed by atoms with Crippen molar-refractivity contribution in [2.24, 2.45) is 0 Å². The van der Waals surface area contributed by atoms with Crippen LogP contribution in [0.3, 0.4) is 0 Å². The highest BCUT2D eigenvalue weighted by atomic mass is 16.2. The summed E-state index contributed by atoms with van der Waals surface area (Å²) in [5.41, 5.74) is 1.12. The lowest BCUT2D eigenvalue weighted by atomic mass is 10.1. The first-order valence-electron chi connectivity index (χ1n) is 5.28. The van der Waals surface area contributed by atoms with Crippen LogP contribution in [-0.2, 0) is 9.59 Å². The van der Waals surface area contributed by atoms with E-state index in [2.05, 4.69) is 5.32 Å². The zero-order valence-electron chi connectivity index (χ0n) is 9.14. The van der Waals surface area contributed by atoms with Gasteiger partial charge in [-0.15, -0.1) is 0 Å². The fourth-order valence-electron chi connectivity index (χ4n) is 1.88. The Morgan fingerprint density at radius 1 is 1.12 bits per heavy atom. The molecule has 1 atom stereocenters. The van der Waals surface area contributed by atoms with Crippen molar-refractivity contribution in [1.29, 1.82) is 0 Å². The number of piperazine rings is 1. The Morgan fingerprint density at radius 2 is 1.69 bits per heavy atom. The average molecular weight is 218 g/mol. The first-order valence-corrected chi connectivity index (χ1v) is 5.28. The Morgan fingerprint density at radius 3 is 2.25 bits per heavy atom. The summed E-state index contributed by atoms with van der Waals surface area (Å²) in [6.45, 7) is 2.56. The molecule has 2 amide bonds. The number of benzene rings is 1. The Labute approximate surface area is 94.2 Å². The molecule has 16 heavy (non-hydrogen) atoms. The van der Waals surface area contributed by atoms with E-state index < -0.39 is 0 Å². The van der Waals surface area contributed by atoms with Crippen LogP contribution in [0.2, 0.25) is 0 Å². The Balaban J connectivity index is 2.13. The van der Waals surface area contributed by atoms with Crippen molar-refractivity contribution in [2.45, 2.75) is 13.0 Å². The minimum Gasteiger partial charge on any atom is -0.294 e. The van der Waals surface area contributed by atoms with E-state index in [-0.39, 0.29) is 30.9 Å². The Bertz CT molecular complexity index is 387. The maximum atomic E-state index is 11.2. The molecular formula is C12H14N2O2. The molecule has 4 heteroatoms. The van der Waals surface area contributed by atoms with Crippen LogP contribution in [0.5, 0.6) is 0 Å². The maximum absolute atomic E-state index is 11.2. The van der Waals surface area contributed by atoms with E-state index >= 15 is 0 Å². The average Bonchev–Trinajstić information content (AvgIpc) is 2.28. The quantitative estimate of drug-likeness (QED) is 0.744. The molecular weight excluding hydrogens is 204 g/mol. The number of imide groups is 1. The molecule has 4 nitrogen and oxygen atoms in total. The van der Waals surface area contributed by atoms with Crippen molar-refractivity contribution < 1.29 is 9.59 Å². The molecule has 1 saturated heterocycles. The molecule has 1 aliphatic rings. The minimum absolute atomic E-state index is 0.0798. The largest absolute Gasteiger partial charge is 0.294 e. The van der Waals surface area contributed by atoms with Gasteiger partial charge in [-0.1, -0.05) is 30.3 Å². The van der Waals surface area contributed by atoms with Gasteiger partial charge in [0, 0.05) is 6.04 Å². The molecule has 0 aromatic heterocycles. The van der Waals surface area contributed by atoms with Crippen molar-refractivity contribution >= 4 is 11.8 Å². The topological polar surface area (TPSA) is 49.4 Å². The molecule has 2 rings (SSSR count). The number of rotatable bonds is 2. The van der Waals surface area contributed by atoms with Gasteiger partial charge in [0.15, 0.2) is 0 Å². The molecule has 1 aromatic carbocycles. The van der Waals surface area contributed by atoms with Crippen molar-refractivity contribution in [1.82, 2.24) is 10.2 Å². The number of carbonyl (C=O) groups is 2. The van der Waals surface area contributed by atoms with E-state index in [0.29, 0.717) is 0 Å². The summed E-state index contributed by atoms with van der Waals surface area (Å²) < 4.78 is 0. The number of carbonyl (C=O) groups excluding carboxylic acids is 2. The lowest BCUT2D eigenvalue weighted by Crippen LogP contribution is -2.51. The smallest absolute Gasteiger partial charge is 0.240 e. The second-order valence-corrected chi connectivity index (χ2v) is 3.96. The summed E-state index contributed by atoms with van der Waals surface area (Å²) in [5, 5.41) is 2.30. The highest BCUT2D eigenvalue weighted by Crippen LogP contribution is 2.19. The zero-order valence-corrected chi connectivity index (χ0v) is 9.14. The molecule has 0 radical (unpaired) electrons. The highest BCUT2D eigenvalue weighted by molar-refractivity contribution is 5.99. The summed E-state index contributed by atoms with van der Waals surface area (Å²) in [5.74, 6) is -0.446. The molecule has 0 saturated carbocycles. The van der Waals surface area contributed by atoms with Crippen LogP contribution in [0, 0.1) is 0 Å². The van der Waals surface area contributed by atoms with Gasteiger partial charge in [0.1, 0.15) is 0 Å². The van der Waals surface area contributed by atoms with E-state index in [1.807, 2.05) is 42.2 Å². The molecule has 1 aromatic rings. The van der Waals surface area contributed by atoms with Gasteiger partial charge in [-0.3, -0.25) is 19.8 Å². The first-order chi connectivity index (χ1) is 7.66. The Kier molecular flexibility index (Phi) is 3.01. The fraction of sp³-hybridized carbons (Fsp3) is 0.333. The van der Waals surface area contributed by atoms with Crippen LogP contribution in [0.4, 0.5) is 0 Å². The molecule has 84 valence electrons. The first kappa shape index (κ1) is 10.8. The number of amides is 2. The fourth-order valence-corrected chi connectivity index (χ4v) is 1.88. The van der Waals surface area contributed by atoms with Gasteiger partial charge in [-0.2, -0.15) is 0 Å². The molecule has 0 spiro atoms. The predicted octanol–water partition coefficient (Wildman–Crippen LogP) is 0.706. The molecule has 0 aliphatic carbocycles. The van der Waals surface area contributed by atoms with Crippen LogP contribution >= 0.6 is 0 Å².